The molecule has 0 spiro atoms. The van der Waals surface area contributed by atoms with Gasteiger partial charge < -0.3 is 10.8 Å². The second-order valence-electron chi connectivity index (χ2n) is 4.47. The molecular formula is C14H9F3N2OS. The van der Waals surface area contributed by atoms with Crippen molar-refractivity contribution in [3.63, 3.8) is 0 Å². The number of nitrogen functional groups attached to an aromatic ring is 1. The lowest BCUT2D eigenvalue weighted by atomic mass is 10.2. The third-order valence-corrected chi connectivity index (χ3v) is 4.08. The van der Waals surface area contributed by atoms with Gasteiger partial charge in [-0.25, -0.2) is 4.98 Å². The van der Waals surface area contributed by atoms with Gasteiger partial charge in [-0.2, -0.15) is 13.2 Å². The predicted molar refractivity (Wildman–Crippen MR) is 76.1 cm³/mol. The molecule has 0 saturated heterocycles. The highest BCUT2D eigenvalue weighted by atomic mass is 32.1. The summed E-state index contributed by atoms with van der Waals surface area (Å²) in [5.41, 5.74) is 5.91. The predicted octanol–water partition coefficient (Wildman–Crippen LogP) is 4.27. The minimum atomic E-state index is -4.39. The first kappa shape index (κ1) is 13.7. The molecule has 0 aliphatic rings. The summed E-state index contributed by atoms with van der Waals surface area (Å²) in [5, 5.41) is 10.1. The first-order valence-electron chi connectivity index (χ1n) is 5.91. The molecule has 3 rings (SSSR count). The Balaban J connectivity index is 2.10. The van der Waals surface area contributed by atoms with Crippen LogP contribution in [0.3, 0.4) is 0 Å². The van der Waals surface area contributed by atoms with Crippen molar-refractivity contribution in [3.8, 4) is 16.3 Å². The van der Waals surface area contributed by atoms with Crippen LogP contribution in [0.25, 0.3) is 20.8 Å². The van der Waals surface area contributed by atoms with E-state index < -0.39 is 11.7 Å². The maximum atomic E-state index is 12.7. The fourth-order valence-electron chi connectivity index (χ4n) is 1.90. The summed E-state index contributed by atoms with van der Waals surface area (Å²) < 4.78 is 38.7. The van der Waals surface area contributed by atoms with Crippen molar-refractivity contribution >= 4 is 27.2 Å². The second-order valence-corrected chi connectivity index (χ2v) is 5.50. The quantitative estimate of drug-likeness (QED) is 0.521. The van der Waals surface area contributed by atoms with Crippen LogP contribution < -0.4 is 5.73 Å². The number of benzene rings is 2. The molecule has 3 nitrogen and oxygen atoms in total. The number of halogens is 3. The van der Waals surface area contributed by atoms with Crippen LogP contribution in [0.4, 0.5) is 18.9 Å². The topological polar surface area (TPSA) is 59.1 Å². The van der Waals surface area contributed by atoms with Gasteiger partial charge in [0, 0.05) is 5.56 Å². The standard InChI is InChI=1S/C14H9F3N2OS/c15-14(16,17)8-2-4-12-10(6-8)19-13(21-12)7-1-3-9(18)11(20)5-7/h1-6,20H,18H2. The van der Waals surface area contributed by atoms with Gasteiger partial charge in [0.15, 0.2) is 0 Å². The fraction of sp³-hybridized carbons (Fsp3) is 0.0714. The Morgan fingerprint density at radius 2 is 1.86 bits per heavy atom. The van der Waals surface area contributed by atoms with Crippen LogP contribution in [-0.4, -0.2) is 10.1 Å². The summed E-state index contributed by atoms with van der Waals surface area (Å²) in [4.78, 5) is 4.19. The van der Waals surface area contributed by atoms with E-state index in [-0.39, 0.29) is 17.0 Å². The van der Waals surface area contributed by atoms with E-state index in [1.807, 2.05) is 0 Å². The van der Waals surface area contributed by atoms with Gasteiger partial charge in [0.1, 0.15) is 10.8 Å². The van der Waals surface area contributed by atoms with Crippen molar-refractivity contribution < 1.29 is 18.3 Å². The Kier molecular flexibility index (Phi) is 3.02. The van der Waals surface area contributed by atoms with Gasteiger partial charge >= 0.3 is 6.18 Å². The lowest BCUT2D eigenvalue weighted by molar-refractivity contribution is -0.137. The monoisotopic (exact) mass is 310 g/mol. The highest BCUT2D eigenvalue weighted by molar-refractivity contribution is 7.21. The Bertz CT molecular complexity index is 827. The summed E-state index contributed by atoms with van der Waals surface area (Å²) in [5.74, 6) is -0.0808. The number of aromatic nitrogens is 1. The molecule has 1 heterocycles. The Labute approximate surface area is 121 Å². The number of nitrogens with two attached hydrogens (primary N) is 1. The molecule has 3 N–H and O–H groups in total. The van der Waals surface area contributed by atoms with Crippen LogP contribution in [-0.2, 0) is 6.18 Å². The maximum Gasteiger partial charge on any atom is 0.416 e. The van der Waals surface area contributed by atoms with Crippen LogP contribution in [0.2, 0.25) is 0 Å². The molecule has 7 heteroatoms. The Morgan fingerprint density at radius 3 is 2.52 bits per heavy atom. The minimum Gasteiger partial charge on any atom is -0.506 e. The summed E-state index contributed by atoms with van der Waals surface area (Å²) in [6.07, 6.45) is -4.39. The first-order chi connectivity index (χ1) is 9.84. The van der Waals surface area contributed by atoms with E-state index >= 15 is 0 Å². The van der Waals surface area contributed by atoms with Gasteiger partial charge in [-0.15, -0.1) is 11.3 Å². The van der Waals surface area contributed by atoms with Crippen LogP contribution in [0.5, 0.6) is 5.75 Å². The molecule has 0 unspecified atom stereocenters. The highest BCUT2D eigenvalue weighted by Gasteiger charge is 2.30. The van der Waals surface area contributed by atoms with E-state index in [0.29, 0.717) is 15.3 Å². The molecule has 0 bridgehead atoms. The summed E-state index contributed by atoms with van der Waals surface area (Å²) in [6.45, 7) is 0. The fourth-order valence-corrected chi connectivity index (χ4v) is 2.85. The van der Waals surface area contributed by atoms with Gasteiger partial charge in [0.25, 0.3) is 0 Å². The SMILES string of the molecule is Nc1ccc(-c2nc3cc(C(F)(F)F)ccc3s2)cc1O. The van der Waals surface area contributed by atoms with E-state index in [9.17, 15) is 18.3 Å². The van der Waals surface area contributed by atoms with Crippen molar-refractivity contribution in [1.82, 2.24) is 4.98 Å². The van der Waals surface area contributed by atoms with Crippen LogP contribution >= 0.6 is 11.3 Å². The number of hydrogen-bond donors (Lipinski definition) is 2. The molecule has 1 aromatic heterocycles. The maximum absolute atomic E-state index is 12.7. The molecule has 108 valence electrons. The average molecular weight is 310 g/mol. The number of rotatable bonds is 1. The van der Waals surface area contributed by atoms with E-state index in [4.69, 9.17) is 5.73 Å². The van der Waals surface area contributed by atoms with E-state index in [1.165, 1.54) is 29.5 Å². The molecule has 0 amide bonds. The number of anilines is 1. The number of hydrogen-bond acceptors (Lipinski definition) is 4. The van der Waals surface area contributed by atoms with Crippen molar-refractivity contribution in [2.45, 2.75) is 6.18 Å². The lowest BCUT2D eigenvalue weighted by Gasteiger charge is -2.04. The van der Waals surface area contributed by atoms with Gasteiger partial charge in [0.2, 0.25) is 0 Å². The van der Waals surface area contributed by atoms with Crippen LogP contribution in [0.15, 0.2) is 36.4 Å². The number of thiazole rings is 1. The zero-order valence-electron chi connectivity index (χ0n) is 10.5. The second kappa shape index (κ2) is 4.63. The number of nitrogens with zero attached hydrogens (tertiary/aromatic N) is 1. The molecular weight excluding hydrogens is 301 g/mol. The van der Waals surface area contributed by atoms with Crippen molar-refractivity contribution in [2.24, 2.45) is 0 Å². The molecule has 2 aromatic carbocycles. The number of phenols is 1. The molecule has 3 aromatic rings. The summed E-state index contributed by atoms with van der Waals surface area (Å²) in [7, 11) is 0. The molecule has 0 atom stereocenters. The molecule has 0 aliphatic heterocycles. The largest absolute Gasteiger partial charge is 0.506 e. The number of phenolic OH excluding ortho intramolecular Hbond substituents is 1. The van der Waals surface area contributed by atoms with Gasteiger partial charge in [0.05, 0.1) is 21.5 Å². The smallest absolute Gasteiger partial charge is 0.416 e. The van der Waals surface area contributed by atoms with Crippen LogP contribution in [0, 0.1) is 0 Å². The van der Waals surface area contributed by atoms with E-state index in [1.54, 1.807) is 6.07 Å². The minimum absolute atomic E-state index is 0.0808. The number of alkyl halides is 3. The summed E-state index contributed by atoms with van der Waals surface area (Å²) in [6, 6.07) is 8.08. The Morgan fingerprint density at radius 1 is 1.10 bits per heavy atom. The zero-order chi connectivity index (χ0) is 15.2. The molecule has 0 radical (unpaired) electrons. The third kappa shape index (κ3) is 2.52. The number of aromatic hydroxyl groups is 1. The van der Waals surface area contributed by atoms with E-state index in [2.05, 4.69) is 4.98 Å². The molecule has 0 fully saturated rings. The first-order valence-corrected chi connectivity index (χ1v) is 6.73. The van der Waals surface area contributed by atoms with Crippen molar-refractivity contribution in [3.05, 3.63) is 42.0 Å². The third-order valence-electron chi connectivity index (χ3n) is 2.99. The molecule has 21 heavy (non-hydrogen) atoms. The van der Waals surface area contributed by atoms with Crippen molar-refractivity contribution in [2.75, 3.05) is 5.73 Å². The van der Waals surface area contributed by atoms with Gasteiger partial charge in [-0.3, -0.25) is 0 Å². The molecule has 0 saturated carbocycles. The summed E-state index contributed by atoms with van der Waals surface area (Å²) >= 11 is 1.25. The lowest BCUT2D eigenvalue weighted by Crippen LogP contribution is -2.03. The van der Waals surface area contributed by atoms with E-state index in [0.717, 1.165) is 12.1 Å². The Hall–Kier alpha value is -2.28. The zero-order valence-corrected chi connectivity index (χ0v) is 11.3. The number of fused-ring (bicyclic) bond motifs is 1. The molecule has 0 aliphatic carbocycles. The van der Waals surface area contributed by atoms with Crippen molar-refractivity contribution in [1.29, 1.82) is 0 Å². The normalized spacial score (nSPS) is 12.0. The van der Waals surface area contributed by atoms with Gasteiger partial charge in [-0.1, -0.05) is 0 Å². The van der Waals surface area contributed by atoms with Crippen LogP contribution in [0.1, 0.15) is 5.56 Å². The van der Waals surface area contributed by atoms with Gasteiger partial charge in [-0.05, 0) is 36.4 Å². The highest BCUT2D eigenvalue weighted by Crippen LogP contribution is 2.36. The average Bonchev–Trinajstić information content (AvgIpc) is 2.83.